The van der Waals surface area contributed by atoms with Gasteiger partial charge in [-0.05, 0) is 37.3 Å². The number of hydrogen-bond donors (Lipinski definition) is 3. The molecule has 1 aromatic heterocycles. The van der Waals surface area contributed by atoms with E-state index < -0.39 is 29.2 Å². The van der Waals surface area contributed by atoms with Gasteiger partial charge in [0.1, 0.15) is 18.0 Å². The number of halogens is 2. The van der Waals surface area contributed by atoms with Crippen LogP contribution in [0.5, 0.6) is 0 Å². The number of aliphatic hydroxyl groups is 1. The number of nitrogens with zero attached hydrogens (tertiary/aromatic N) is 2. The van der Waals surface area contributed by atoms with Gasteiger partial charge in [0.15, 0.2) is 5.11 Å². The van der Waals surface area contributed by atoms with Gasteiger partial charge in [-0.3, -0.25) is 10.1 Å². The molecule has 0 radical (unpaired) electrons. The van der Waals surface area contributed by atoms with E-state index in [2.05, 4.69) is 20.6 Å². The molecule has 1 unspecified atom stereocenters. The molecule has 3 N–H and O–H groups in total. The lowest BCUT2D eigenvalue weighted by Gasteiger charge is -2.34. The molecule has 6 nitrogen and oxygen atoms in total. The Hall–Kier alpha value is -3.30. The summed E-state index contributed by atoms with van der Waals surface area (Å²) >= 11 is 5.27. The van der Waals surface area contributed by atoms with E-state index in [1.165, 1.54) is 24.8 Å². The van der Waals surface area contributed by atoms with Crippen molar-refractivity contribution in [2.75, 3.05) is 0 Å². The minimum absolute atomic E-state index is 0.0652. The largest absolute Gasteiger partial charge is 0.388 e. The molecular formula is C22H20F2N4O2S. The van der Waals surface area contributed by atoms with Gasteiger partial charge in [0.2, 0.25) is 0 Å². The predicted molar refractivity (Wildman–Crippen MR) is 115 cm³/mol. The second-order valence-electron chi connectivity index (χ2n) is 7.12. The van der Waals surface area contributed by atoms with Gasteiger partial charge in [0.25, 0.3) is 5.91 Å². The Morgan fingerprint density at radius 1 is 1.16 bits per heavy atom. The Kier molecular flexibility index (Phi) is 6.98. The highest BCUT2D eigenvalue weighted by molar-refractivity contribution is 7.80. The van der Waals surface area contributed by atoms with Crippen LogP contribution >= 0.6 is 12.2 Å². The highest BCUT2D eigenvalue weighted by Gasteiger charge is 2.34. The molecule has 0 aliphatic carbocycles. The SMILES string of the molecule is CC(C[C@@H](O)c1cncnc1)(NC(=S)NC(=O)c1ccccc1)c1ccc(F)cc1F. The Bertz CT molecular complexity index is 1070. The maximum atomic E-state index is 14.7. The van der Waals surface area contributed by atoms with Crippen molar-refractivity contribution < 1.29 is 18.7 Å². The summed E-state index contributed by atoms with van der Waals surface area (Å²) in [4.78, 5) is 20.2. The topological polar surface area (TPSA) is 87.1 Å². The van der Waals surface area contributed by atoms with E-state index in [0.717, 1.165) is 12.1 Å². The third-order valence-electron chi connectivity index (χ3n) is 4.74. The van der Waals surface area contributed by atoms with Crippen LogP contribution in [0.15, 0.2) is 67.3 Å². The lowest BCUT2D eigenvalue weighted by molar-refractivity contribution is 0.0974. The summed E-state index contributed by atoms with van der Waals surface area (Å²) < 4.78 is 28.1. The average molecular weight is 442 g/mol. The first kappa shape index (κ1) is 22.4. The normalized spacial score (nSPS) is 13.7. The van der Waals surface area contributed by atoms with Crippen molar-refractivity contribution in [1.82, 2.24) is 20.6 Å². The number of hydrogen-bond acceptors (Lipinski definition) is 5. The molecule has 2 atom stereocenters. The minimum Gasteiger partial charge on any atom is -0.388 e. The van der Waals surface area contributed by atoms with E-state index in [9.17, 15) is 18.7 Å². The molecule has 9 heteroatoms. The molecule has 3 rings (SSSR count). The molecule has 31 heavy (non-hydrogen) atoms. The van der Waals surface area contributed by atoms with E-state index >= 15 is 0 Å². The fourth-order valence-electron chi connectivity index (χ4n) is 3.20. The monoisotopic (exact) mass is 442 g/mol. The van der Waals surface area contributed by atoms with Gasteiger partial charge < -0.3 is 10.4 Å². The molecule has 1 heterocycles. The van der Waals surface area contributed by atoms with Gasteiger partial charge in [-0.25, -0.2) is 18.7 Å². The third kappa shape index (κ3) is 5.65. The van der Waals surface area contributed by atoms with Gasteiger partial charge in [-0.1, -0.05) is 24.3 Å². The van der Waals surface area contributed by atoms with E-state index in [0.29, 0.717) is 11.1 Å². The van der Waals surface area contributed by atoms with Crippen LogP contribution in [0.4, 0.5) is 8.78 Å². The lowest BCUT2D eigenvalue weighted by Crippen LogP contribution is -2.50. The van der Waals surface area contributed by atoms with Crippen LogP contribution in [0.1, 0.15) is 40.9 Å². The zero-order valence-electron chi connectivity index (χ0n) is 16.5. The second kappa shape index (κ2) is 9.67. The van der Waals surface area contributed by atoms with E-state index in [-0.39, 0.29) is 17.1 Å². The first-order chi connectivity index (χ1) is 14.8. The number of aliphatic hydroxyl groups excluding tert-OH is 1. The van der Waals surface area contributed by atoms with Gasteiger partial charge in [-0.2, -0.15) is 0 Å². The highest BCUT2D eigenvalue weighted by atomic mass is 32.1. The number of thiocarbonyl (C=S) groups is 1. The zero-order valence-corrected chi connectivity index (χ0v) is 17.4. The molecule has 3 aromatic rings. The summed E-state index contributed by atoms with van der Waals surface area (Å²) in [7, 11) is 0. The van der Waals surface area contributed by atoms with Crippen LogP contribution in [0.3, 0.4) is 0 Å². The number of amides is 1. The molecule has 0 aliphatic rings. The van der Waals surface area contributed by atoms with Gasteiger partial charge in [-0.15, -0.1) is 0 Å². The summed E-state index contributed by atoms with van der Waals surface area (Å²) in [5.41, 5.74) is -0.421. The van der Waals surface area contributed by atoms with Crippen molar-refractivity contribution in [1.29, 1.82) is 0 Å². The fourth-order valence-corrected chi connectivity index (χ4v) is 3.52. The first-order valence-corrected chi connectivity index (χ1v) is 9.76. The molecule has 0 spiro atoms. The Morgan fingerprint density at radius 3 is 2.48 bits per heavy atom. The smallest absolute Gasteiger partial charge is 0.257 e. The number of benzene rings is 2. The Morgan fingerprint density at radius 2 is 1.84 bits per heavy atom. The molecule has 0 fully saturated rings. The Balaban J connectivity index is 1.86. The summed E-state index contributed by atoms with van der Waals surface area (Å²) in [6, 6.07) is 11.6. The van der Waals surface area contributed by atoms with Gasteiger partial charge in [0.05, 0.1) is 11.6 Å². The van der Waals surface area contributed by atoms with Crippen LogP contribution in [-0.2, 0) is 5.54 Å². The summed E-state index contributed by atoms with van der Waals surface area (Å²) in [6.07, 6.45) is 3.05. The predicted octanol–water partition coefficient (Wildman–Crippen LogP) is 3.40. The maximum Gasteiger partial charge on any atom is 0.257 e. The average Bonchev–Trinajstić information content (AvgIpc) is 2.74. The van der Waals surface area contributed by atoms with Crippen molar-refractivity contribution in [2.45, 2.75) is 25.0 Å². The van der Waals surface area contributed by atoms with Crippen molar-refractivity contribution in [2.24, 2.45) is 0 Å². The standard InChI is InChI=1S/C22H20F2N4O2S/c1-22(17-8-7-16(23)9-18(17)24,10-19(29)15-11-25-13-26-12-15)28-21(31)27-20(30)14-5-3-2-4-6-14/h2-9,11-13,19,29H,10H2,1H3,(H2,27,28,30,31)/t19-,22?/m1/s1. The van der Waals surface area contributed by atoms with Crippen molar-refractivity contribution in [3.05, 3.63) is 95.6 Å². The summed E-state index contributed by atoms with van der Waals surface area (Å²) in [5.74, 6) is -2.00. The van der Waals surface area contributed by atoms with E-state index in [1.54, 1.807) is 37.3 Å². The van der Waals surface area contributed by atoms with Gasteiger partial charge in [0, 0.05) is 41.6 Å². The second-order valence-corrected chi connectivity index (χ2v) is 7.53. The van der Waals surface area contributed by atoms with Gasteiger partial charge >= 0.3 is 0 Å². The molecule has 0 saturated carbocycles. The van der Waals surface area contributed by atoms with Crippen LogP contribution in [0.2, 0.25) is 0 Å². The number of rotatable bonds is 6. The lowest BCUT2D eigenvalue weighted by atomic mass is 9.84. The van der Waals surface area contributed by atoms with Crippen molar-refractivity contribution >= 4 is 23.2 Å². The van der Waals surface area contributed by atoms with E-state index in [1.807, 2.05) is 0 Å². The van der Waals surface area contributed by atoms with Crippen LogP contribution in [0.25, 0.3) is 0 Å². The summed E-state index contributed by atoms with van der Waals surface area (Å²) in [5, 5.41) is 16.1. The molecule has 0 aliphatic heterocycles. The van der Waals surface area contributed by atoms with Crippen LogP contribution < -0.4 is 10.6 Å². The quantitative estimate of drug-likeness (QED) is 0.508. The number of aromatic nitrogens is 2. The first-order valence-electron chi connectivity index (χ1n) is 9.35. The maximum absolute atomic E-state index is 14.7. The van der Waals surface area contributed by atoms with Crippen molar-refractivity contribution in [3.63, 3.8) is 0 Å². The van der Waals surface area contributed by atoms with Crippen LogP contribution in [-0.4, -0.2) is 26.1 Å². The number of carbonyl (C=O) groups is 1. The van der Waals surface area contributed by atoms with E-state index in [4.69, 9.17) is 12.2 Å². The molecule has 0 bridgehead atoms. The number of carbonyl (C=O) groups excluding carboxylic acids is 1. The zero-order chi connectivity index (χ0) is 22.4. The molecule has 0 saturated heterocycles. The Labute approximate surface area is 183 Å². The number of nitrogens with one attached hydrogen (secondary N) is 2. The van der Waals surface area contributed by atoms with Crippen molar-refractivity contribution in [3.8, 4) is 0 Å². The highest BCUT2D eigenvalue weighted by Crippen LogP contribution is 2.33. The minimum atomic E-state index is -1.30. The fraction of sp³-hybridized carbons (Fsp3) is 0.182. The molecule has 1 amide bonds. The molecule has 160 valence electrons. The molecule has 2 aromatic carbocycles. The van der Waals surface area contributed by atoms with Crippen LogP contribution in [0, 0.1) is 11.6 Å². The third-order valence-corrected chi connectivity index (χ3v) is 4.95. The molecular weight excluding hydrogens is 422 g/mol. The summed E-state index contributed by atoms with van der Waals surface area (Å²) in [6.45, 7) is 1.59.